The predicted molar refractivity (Wildman–Crippen MR) is 129 cm³/mol. The zero-order valence-electron chi connectivity index (χ0n) is 19.3. The number of amides is 2. The molecule has 0 saturated carbocycles. The van der Waals surface area contributed by atoms with E-state index in [2.05, 4.69) is 25.2 Å². The molecule has 1 fully saturated rings. The fourth-order valence-electron chi connectivity index (χ4n) is 4.14. The summed E-state index contributed by atoms with van der Waals surface area (Å²) in [6.45, 7) is 6.04. The minimum Gasteiger partial charge on any atom is -0.437 e. The lowest BCUT2D eigenvalue weighted by molar-refractivity contribution is 0.208. The normalized spacial score (nSPS) is 13.8. The highest BCUT2D eigenvalue weighted by atomic mass is 19.1. The van der Waals surface area contributed by atoms with E-state index in [1.807, 2.05) is 38.1 Å². The van der Waals surface area contributed by atoms with Gasteiger partial charge in [-0.15, -0.1) is 0 Å². The number of hydrogen-bond acceptors (Lipinski definition) is 5. The zero-order valence-corrected chi connectivity index (χ0v) is 19.3. The van der Waals surface area contributed by atoms with Crippen molar-refractivity contribution in [2.45, 2.75) is 13.8 Å². The minimum absolute atomic E-state index is 0.156. The van der Waals surface area contributed by atoms with Crippen LogP contribution < -0.4 is 15.0 Å². The largest absolute Gasteiger partial charge is 0.437 e. The number of hydrogen-bond donors (Lipinski definition) is 2. The number of carbonyl (C=O) groups excluding carboxylic acids is 1. The van der Waals surface area contributed by atoms with Crippen LogP contribution in [-0.2, 0) is 0 Å². The highest BCUT2D eigenvalue weighted by molar-refractivity contribution is 6.01. The van der Waals surface area contributed by atoms with Gasteiger partial charge in [0, 0.05) is 49.5 Å². The number of ether oxygens (including phenoxy) is 1. The van der Waals surface area contributed by atoms with Gasteiger partial charge in [0.15, 0.2) is 0 Å². The maximum atomic E-state index is 13.9. The van der Waals surface area contributed by atoms with Crippen LogP contribution in [-0.4, -0.2) is 52.1 Å². The fourth-order valence-corrected chi connectivity index (χ4v) is 4.14. The smallest absolute Gasteiger partial charge is 0.322 e. The summed E-state index contributed by atoms with van der Waals surface area (Å²) in [5.41, 5.74) is 3.08. The average Bonchev–Trinajstić information content (AvgIpc) is 3.24. The maximum Gasteiger partial charge on any atom is 0.322 e. The van der Waals surface area contributed by atoms with Crippen molar-refractivity contribution in [2.75, 3.05) is 36.4 Å². The van der Waals surface area contributed by atoms with Gasteiger partial charge >= 0.3 is 6.03 Å². The summed E-state index contributed by atoms with van der Waals surface area (Å²) in [6, 6.07) is 9.39. The van der Waals surface area contributed by atoms with Crippen LogP contribution in [0.2, 0.25) is 0 Å². The summed E-state index contributed by atoms with van der Waals surface area (Å²) in [7, 11) is 0. The molecule has 10 heteroatoms. The summed E-state index contributed by atoms with van der Waals surface area (Å²) in [5, 5.41) is 3.05. The Bertz CT molecular complexity index is 1380. The first-order valence-corrected chi connectivity index (χ1v) is 11.2. The third-order valence-electron chi connectivity index (χ3n) is 5.95. The number of benzene rings is 2. The lowest BCUT2D eigenvalue weighted by Gasteiger charge is -2.36. The quantitative estimate of drug-likeness (QED) is 0.431. The monoisotopic (exact) mass is 478 g/mol. The molecule has 0 bridgehead atoms. The van der Waals surface area contributed by atoms with Gasteiger partial charge in [0.25, 0.3) is 0 Å². The molecule has 0 radical (unpaired) electrons. The van der Waals surface area contributed by atoms with Gasteiger partial charge < -0.3 is 24.8 Å². The summed E-state index contributed by atoms with van der Waals surface area (Å²) in [4.78, 5) is 28.0. The number of fused-ring (bicyclic) bond motifs is 1. The molecule has 5 rings (SSSR count). The van der Waals surface area contributed by atoms with Crippen LogP contribution in [0.3, 0.4) is 0 Å². The van der Waals surface area contributed by atoms with Crippen molar-refractivity contribution in [3.8, 4) is 11.6 Å². The average molecular weight is 479 g/mol. The van der Waals surface area contributed by atoms with Crippen LogP contribution in [0.15, 0.2) is 48.8 Å². The molecule has 35 heavy (non-hydrogen) atoms. The SMILES string of the molecule is Cc1cnc(Oc2ccc(N3CCN(C(=O)Nc4c[nH]c5c(F)cc(F)cc45)CC3)cc2)c(C)n1. The van der Waals surface area contributed by atoms with Crippen molar-refractivity contribution < 1.29 is 18.3 Å². The van der Waals surface area contributed by atoms with Crippen LogP contribution in [0, 0.1) is 25.5 Å². The van der Waals surface area contributed by atoms with Gasteiger partial charge in [0.2, 0.25) is 5.88 Å². The van der Waals surface area contributed by atoms with Gasteiger partial charge in [-0.25, -0.2) is 18.6 Å². The van der Waals surface area contributed by atoms with Crippen LogP contribution in [0.4, 0.5) is 25.0 Å². The van der Waals surface area contributed by atoms with E-state index >= 15 is 0 Å². The van der Waals surface area contributed by atoms with Crippen molar-refractivity contribution in [1.82, 2.24) is 19.9 Å². The van der Waals surface area contributed by atoms with E-state index in [1.54, 1.807) is 11.1 Å². The van der Waals surface area contributed by atoms with Crippen LogP contribution in [0.1, 0.15) is 11.4 Å². The molecule has 4 aromatic rings. The van der Waals surface area contributed by atoms with E-state index in [0.717, 1.165) is 23.1 Å². The Hall–Kier alpha value is -4.21. The van der Waals surface area contributed by atoms with Gasteiger partial charge in [-0.1, -0.05) is 0 Å². The summed E-state index contributed by atoms with van der Waals surface area (Å²) in [6.07, 6.45) is 3.13. The maximum absolute atomic E-state index is 13.9. The van der Waals surface area contributed by atoms with Crippen molar-refractivity contribution in [3.05, 3.63) is 71.8 Å². The molecule has 2 aromatic heterocycles. The number of anilines is 2. The standard InChI is InChI=1S/C25H24F2N6O2/c1-15-13-29-24(16(2)30-15)35-19-5-3-18(4-6-19)32-7-9-33(10-8-32)25(34)31-22-14-28-23-20(22)11-17(26)12-21(23)27/h3-6,11-14,28H,7-10H2,1-2H3,(H,31,34). The number of aromatic nitrogens is 3. The van der Waals surface area contributed by atoms with Gasteiger partial charge in [-0.05, 0) is 44.2 Å². The van der Waals surface area contributed by atoms with E-state index < -0.39 is 11.6 Å². The zero-order chi connectivity index (χ0) is 24.5. The molecule has 3 heterocycles. The highest BCUT2D eigenvalue weighted by Gasteiger charge is 2.22. The van der Waals surface area contributed by atoms with Crippen molar-refractivity contribution in [2.24, 2.45) is 0 Å². The number of piperazine rings is 1. The Morgan fingerprint density at radius 3 is 2.54 bits per heavy atom. The van der Waals surface area contributed by atoms with E-state index in [4.69, 9.17) is 4.74 Å². The first kappa shape index (κ1) is 22.6. The fraction of sp³-hybridized carbons (Fsp3) is 0.240. The van der Waals surface area contributed by atoms with E-state index in [-0.39, 0.29) is 11.5 Å². The molecular formula is C25H24F2N6O2. The molecule has 0 aliphatic carbocycles. The van der Waals surface area contributed by atoms with Crippen molar-refractivity contribution in [1.29, 1.82) is 0 Å². The first-order valence-electron chi connectivity index (χ1n) is 11.2. The molecule has 0 unspecified atom stereocenters. The number of H-pyrrole nitrogens is 1. The Kier molecular flexibility index (Phi) is 5.94. The molecule has 2 amide bonds. The third kappa shape index (κ3) is 4.72. The number of aryl methyl sites for hydroxylation is 2. The molecule has 1 saturated heterocycles. The topological polar surface area (TPSA) is 86.4 Å². The second-order valence-corrected chi connectivity index (χ2v) is 8.41. The van der Waals surface area contributed by atoms with Gasteiger partial charge in [-0.3, -0.25) is 4.98 Å². The predicted octanol–water partition coefficient (Wildman–Crippen LogP) is 5.00. The Morgan fingerprint density at radius 1 is 1.09 bits per heavy atom. The lowest BCUT2D eigenvalue weighted by atomic mass is 10.2. The molecule has 1 aliphatic rings. The van der Waals surface area contributed by atoms with E-state index in [1.165, 1.54) is 12.3 Å². The van der Waals surface area contributed by atoms with Crippen LogP contribution >= 0.6 is 0 Å². The Morgan fingerprint density at radius 2 is 1.83 bits per heavy atom. The number of nitrogens with zero attached hydrogens (tertiary/aromatic N) is 4. The number of halogens is 2. The van der Waals surface area contributed by atoms with Gasteiger partial charge in [0.05, 0.1) is 23.1 Å². The van der Waals surface area contributed by atoms with Crippen LogP contribution in [0.5, 0.6) is 11.6 Å². The molecule has 2 N–H and O–H groups in total. The second-order valence-electron chi connectivity index (χ2n) is 8.41. The molecule has 8 nitrogen and oxygen atoms in total. The molecular weight excluding hydrogens is 454 g/mol. The third-order valence-corrected chi connectivity index (χ3v) is 5.95. The van der Waals surface area contributed by atoms with Gasteiger partial charge in [0.1, 0.15) is 23.1 Å². The molecule has 2 aromatic carbocycles. The summed E-state index contributed by atoms with van der Waals surface area (Å²) >= 11 is 0. The number of nitrogens with one attached hydrogen (secondary N) is 2. The number of carbonyl (C=O) groups is 1. The summed E-state index contributed by atoms with van der Waals surface area (Å²) < 4.78 is 33.4. The second kappa shape index (κ2) is 9.21. The molecule has 180 valence electrons. The lowest BCUT2D eigenvalue weighted by Crippen LogP contribution is -2.50. The summed E-state index contributed by atoms with van der Waals surface area (Å²) in [5.74, 6) is -0.257. The molecule has 1 aliphatic heterocycles. The Labute approximate surface area is 200 Å². The number of rotatable bonds is 4. The van der Waals surface area contributed by atoms with Crippen molar-refractivity contribution in [3.63, 3.8) is 0 Å². The molecule has 0 spiro atoms. The molecule has 0 atom stereocenters. The number of urea groups is 1. The first-order chi connectivity index (χ1) is 16.9. The van der Waals surface area contributed by atoms with E-state index in [9.17, 15) is 13.6 Å². The van der Waals surface area contributed by atoms with E-state index in [0.29, 0.717) is 48.9 Å². The highest BCUT2D eigenvalue weighted by Crippen LogP contribution is 2.28. The minimum atomic E-state index is -0.701. The number of aromatic amines is 1. The van der Waals surface area contributed by atoms with Crippen molar-refractivity contribution >= 4 is 28.3 Å². The van der Waals surface area contributed by atoms with Gasteiger partial charge in [-0.2, -0.15) is 0 Å². The Balaban J connectivity index is 1.18. The van der Waals surface area contributed by atoms with Crippen LogP contribution in [0.25, 0.3) is 10.9 Å².